The molecule has 0 atom stereocenters. The topological polar surface area (TPSA) is 153 Å². The zero-order valence-electron chi connectivity index (χ0n) is 19.2. The Balaban J connectivity index is 2.63. The van der Waals surface area contributed by atoms with Gasteiger partial charge in [0.1, 0.15) is 11.5 Å². The summed E-state index contributed by atoms with van der Waals surface area (Å²) < 4.78 is 11.4. The van der Waals surface area contributed by atoms with E-state index in [1.54, 1.807) is 20.8 Å². The molecule has 176 valence electrons. The molecule has 0 aliphatic heterocycles. The number of hydrogen-bond donors (Lipinski definition) is 3. The third-order valence-corrected chi connectivity index (χ3v) is 5.11. The molecule has 2 rings (SSSR count). The van der Waals surface area contributed by atoms with E-state index in [1.165, 1.54) is 11.7 Å². The van der Waals surface area contributed by atoms with Crippen molar-refractivity contribution in [2.45, 2.75) is 47.1 Å². The minimum atomic E-state index is -0.781. The smallest absolute Gasteiger partial charge is 0.340 e. The number of nitrogens with one attached hydrogen (secondary N) is 2. The van der Waals surface area contributed by atoms with Crippen LogP contribution in [0.3, 0.4) is 0 Å². The summed E-state index contributed by atoms with van der Waals surface area (Å²) in [6.07, 6.45) is 1.48. The van der Waals surface area contributed by atoms with Gasteiger partial charge >= 0.3 is 11.7 Å². The molecule has 0 radical (unpaired) electrons. The van der Waals surface area contributed by atoms with Crippen LogP contribution in [-0.4, -0.2) is 53.3 Å². The first-order valence-electron chi connectivity index (χ1n) is 10.5. The molecule has 0 saturated heterocycles. The maximum Gasteiger partial charge on any atom is 0.340 e. The minimum Gasteiger partial charge on any atom is -0.462 e. The Morgan fingerprint density at radius 2 is 1.84 bits per heavy atom. The fraction of sp³-hybridized carbons (Fsp3) is 0.524. The van der Waals surface area contributed by atoms with Crippen molar-refractivity contribution < 1.29 is 19.1 Å². The highest BCUT2D eigenvalue weighted by Gasteiger charge is 2.30. The third-order valence-electron chi connectivity index (χ3n) is 5.11. The van der Waals surface area contributed by atoms with Gasteiger partial charge in [-0.15, -0.1) is 0 Å². The highest BCUT2D eigenvalue weighted by atomic mass is 16.5. The number of carbonyl (C=O) groups is 2. The Kier molecular flexibility index (Phi) is 8.41. The van der Waals surface area contributed by atoms with Gasteiger partial charge in [0.15, 0.2) is 5.69 Å². The fourth-order valence-corrected chi connectivity index (χ4v) is 3.48. The highest BCUT2D eigenvalue weighted by Crippen LogP contribution is 2.24. The molecular formula is C21H31N5O6. The lowest BCUT2D eigenvalue weighted by atomic mass is 10.1. The van der Waals surface area contributed by atoms with Crippen molar-refractivity contribution in [1.29, 1.82) is 0 Å². The highest BCUT2D eigenvalue weighted by molar-refractivity contribution is 6.09. The molecule has 2 aromatic heterocycles. The Bertz CT molecular complexity index is 1100. The molecule has 0 saturated carbocycles. The number of esters is 1. The average molecular weight is 450 g/mol. The zero-order chi connectivity index (χ0) is 24.0. The zero-order valence-corrected chi connectivity index (χ0v) is 19.2. The van der Waals surface area contributed by atoms with Crippen LogP contribution in [0.5, 0.6) is 0 Å². The normalized spacial score (nSPS) is 10.9. The molecular weight excluding hydrogens is 418 g/mol. The van der Waals surface area contributed by atoms with E-state index in [2.05, 4.69) is 9.97 Å². The Labute approximate surface area is 185 Å². The standard InChI is InChI=1S/C21H31N5O6/c1-6-8-9-26-17(22)16(18(27)24-21(26)30)25(10-11-31-5)19(28)15-12(3)14(13(4)23-15)20(29)32-7-2/h23H,6-11,22H2,1-5H3,(H,24,27,30). The van der Waals surface area contributed by atoms with E-state index in [0.717, 1.165) is 11.3 Å². The number of nitrogens with two attached hydrogens (primary N) is 1. The van der Waals surface area contributed by atoms with E-state index in [0.29, 0.717) is 24.2 Å². The maximum absolute atomic E-state index is 13.5. The van der Waals surface area contributed by atoms with Gasteiger partial charge in [0, 0.05) is 25.9 Å². The van der Waals surface area contributed by atoms with E-state index >= 15 is 0 Å². The number of methoxy groups -OCH3 is 1. The second-order valence-corrected chi connectivity index (χ2v) is 7.29. The van der Waals surface area contributed by atoms with E-state index < -0.39 is 23.1 Å². The summed E-state index contributed by atoms with van der Waals surface area (Å²) in [6.45, 7) is 7.52. The predicted molar refractivity (Wildman–Crippen MR) is 120 cm³/mol. The summed E-state index contributed by atoms with van der Waals surface area (Å²) >= 11 is 0. The number of hydrogen-bond acceptors (Lipinski definition) is 7. The second-order valence-electron chi connectivity index (χ2n) is 7.29. The van der Waals surface area contributed by atoms with Gasteiger partial charge in [0.25, 0.3) is 11.5 Å². The van der Waals surface area contributed by atoms with Gasteiger partial charge in [-0.1, -0.05) is 13.3 Å². The number of aryl methyl sites for hydroxylation is 1. The van der Waals surface area contributed by atoms with Crippen LogP contribution >= 0.6 is 0 Å². The number of amides is 1. The van der Waals surface area contributed by atoms with Crippen molar-refractivity contribution in [2.24, 2.45) is 0 Å². The number of aromatic amines is 2. The monoisotopic (exact) mass is 449 g/mol. The van der Waals surface area contributed by atoms with Crippen LogP contribution in [0, 0.1) is 13.8 Å². The number of H-pyrrole nitrogens is 2. The summed E-state index contributed by atoms with van der Waals surface area (Å²) in [5.41, 5.74) is 5.87. The summed E-state index contributed by atoms with van der Waals surface area (Å²) in [4.78, 5) is 57.2. The number of anilines is 2. The Morgan fingerprint density at radius 1 is 1.16 bits per heavy atom. The largest absolute Gasteiger partial charge is 0.462 e. The first-order valence-corrected chi connectivity index (χ1v) is 10.5. The minimum absolute atomic E-state index is 0.000836. The van der Waals surface area contributed by atoms with Crippen molar-refractivity contribution in [3.05, 3.63) is 43.4 Å². The second kappa shape index (κ2) is 10.8. The van der Waals surface area contributed by atoms with Crippen LogP contribution in [0.4, 0.5) is 11.5 Å². The third kappa shape index (κ3) is 4.93. The van der Waals surface area contributed by atoms with E-state index in [4.69, 9.17) is 15.2 Å². The van der Waals surface area contributed by atoms with Crippen molar-refractivity contribution in [1.82, 2.24) is 14.5 Å². The molecule has 0 aliphatic rings. The average Bonchev–Trinajstić information content (AvgIpc) is 3.03. The van der Waals surface area contributed by atoms with Gasteiger partial charge in [-0.05, 0) is 32.8 Å². The fourth-order valence-electron chi connectivity index (χ4n) is 3.48. The quantitative estimate of drug-likeness (QED) is 0.463. The summed E-state index contributed by atoms with van der Waals surface area (Å²) in [7, 11) is 1.46. The number of ether oxygens (including phenoxy) is 2. The van der Waals surface area contributed by atoms with Crippen molar-refractivity contribution in [3.8, 4) is 0 Å². The molecule has 0 spiro atoms. The Hall–Kier alpha value is -3.34. The molecule has 0 aromatic carbocycles. The van der Waals surface area contributed by atoms with Crippen molar-refractivity contribution in [2.75, 3.05) is 37.5 Å². The lowest BCUT2D eigenvalue weighted by Crippen LogP contribution is -2.43. The lowest BCUT2D eigenvalue weighted by Gasteiger charge is -2.24. The molecule has 0 unspecified atom stereocenters. The van der Waals surface area contributed by atoms with Gasteiger partial charge in [-0.2, -0.15) is 0 Å². The van der Waals surface area contributed by atoms with Crippen LogP contribution in [0.1, 0.15) is 58.8 Å². The van der Waals surface area contributed by atoms with Crippen LogP contribution in [0.25, 0.3) is 0 Å². The van der Waals surface area contributed by atoms with Gasteiger partial charge in [-0.3, -0.25) is 24.0 Å². The lowest BCUT2D eigenvalue weighted by molar-refractivity contribution is 0.0525. The maximum atomic E-state index is 13.5. The number of nitrogen functional groups attached to an aromatic ring is 1. The van der Waals surface area contributed by atoms with Crippen molar-refractivity contribution >= 4 is 23.4 Å². The van der Waals surface area contributed by atoms with Gasteiger partial charge in [0.05, 0.1) is 18.8 Å². The van der Waals surface area contributed by atoms with Crippen LogP contribution in [-0.2, 0) is 16.0 Å². The predicted octanol–water partition coefficient (Wildman–Crippen LogP) is 1.33. The first kappa shape index (κ1) is 24.9. The number of rotatable bonds is 10. The van der Waals surface area contributed by atoms with Crippen LogP contribution in [0.15, 0.2) is 9.59 Å². The van der Waals surface area contributed by atoms with Gasteiger partial charge < -0.3 is 20.2 Å². The number of carbonyl (C=O) groups excluding carboxylic acids is 2. The molecule has 2 heterocycles. The number of nitrogens with zero attached hydrogens (tertiary/aromatic N) is 2. The molecule has 0 aliphatic carbocycles. The van der Waals surface area contributed by atoms with Crippen LogP contribution < -0.4 is 21.9 Å². The molecule has 32 heavy (non-hydrogen) atoms. The van der Waals surface area contributed by atoms with Crippen molar-refractivity contribution in [3.63, 3.8) is 0 Å². The number of unbranched alkanes of at least 4 members (excludes halogenated alkanes) is 1. The van der Waals surface area contributed by atoms with E-state index in [-0.39, 0.29) is 42.5 Å². The summed E-state index contributed by atoms with van der Waals surface area (Å²) in [5.74, 6) is -1.24. The molecule has 0 fully saturated rings. The molecule has 1 amide bonds. The van der Waals surface area contributed by atoms with Gasteiger partial charge in [0.2, 0.25) is 0 Å². The molecule has 2 aromatic rings. The van der Waals surface area contributed by atoms with Gasteiger partial charge in [-0.25, -0.2) is 9.59 Å². The summed E-state index contributed by atoms with van der Waals surface area (Å²) in [6, 6.07) is 0. The SMILES string of the molecule is CCCCn1c(N)c(N(CCOC)C(=O)c2[nH]c(C)c(C(=O)OCC)c2C)c(=O)[nH]c1=O. The number of aromatic nitrogens is 3. The molecule has 11 heteroatoms. The summed E-state index contributed by atoms with van der Waals surface area (Å²) in [5, 5.41) is 0. The molecule has 0 bridgehead atoms. The first-order chi connectivity index (χ1) is 15.2. The van der Waals surface area contributed by atoms with Crippen LogP contribution in [0.2, 0.25) is 0 Å². The molecule has 11 nitrogen and oxygen atoms in total. The van der Waals surface area contributed by atoms with E-state index in [1.807, 2.05) is 6.92 Å². The molecule has 4 N–H and O–H groups in total. The van der Waals surface area contributed by atoms with E-state index in [9.17, 15) is 19.2 Å². The Morgan fingerprint density at radius 3 is 2.44 bits per heavy atom.